The number of urea groups is 1. The van der Waals surface area contributed by atoms with Gasteiger partial charge in [0.15, 0.2) is 17.8 Å². The van der Waals surface area contributed by atoms with Gasteiger partial charge in [-0.25, -0.2) is 14.4 Å². The summed E-state index contributed by atoms with van der Waals surface area (Å²) in [6, 6.07) is 9.37. The van der Waals surface area contributed by atoms with E-state index in [1.165, 1.54) is 32.3 Å². The number of carbonyl (C=O) groups is 6. The highest BCUT2D eigenvalue weighted by molar-refractivity contribution is 6.47. The van der Waals surface area contributed by atoms with Gasteiger partial charge in [0.2, 0.25) is 5.91 Å². The van der Waals surface area contributed by atoms with Crippen LogP contribution in [-0.2, 0) is 9.53 Å². The summed E-state index contributed by atoms with van der Waals surface area (Å²) in [6.07, 6.45) is -2.98. The second-order valence-electron chi connectivity index (χ2n) is 8.42. The molecule has 2 aromatic carbocycles. The van der Waals surface area contributed by atoms with Crippen LogP contribution in [0, 0.1) is 0 Å². The minimum Gasteiger partial charge on any atom is -0.465 e. The van der Waals surface area contributed by atoms with Crippen LogP contribution >= 0.6 is 0 Å². The summed E-state index contributed by atoms with van der Waals surface area (Å²) in [5, 5.41) is 14.7. The molecule has 2 heterocycles. The number of fused-ring (bicyclic) bond motifs is 1. The minimum atomic E-state index is -1.69. The standard InChI is InChI=1S/C25H22N6O9/c1-12(32)26-19-18(22(35)30(3)24(37)29(19)2)28-27-17-15(23(36)39-4)11-10-14-16(17)21(34)31(20(14)33)25(38)40-13-8-6-5-7-9-13/h5-11,22,27,35H,1-4H3. The summed E-state index contributed by atoms with van der Waals surface area (Å²) in [7, 11) is 3.64. The number of para-hydroxylation sites is 1. The van der Waals surface area contributed by atoms with Gasteiger partial charge in [0.25, 0.3) is 11.8 Å². The molecule has 2 aliphatic rings. The van der Waals surface area contributed by atoms with E-state index in [9.17, 15) is 33.9 Å². The Bertz CT molecular complexity index is 1520. The smallest absolute Gasteiger partial charge is 0.429 e. The summed E-state index contributed by atoms with van der Waals surface area (Å²) >= 11 is 0. The first-order valence-corrected chi connectivity index (χ1v) is 11.5. The van der Waals surface area contributed by atoms with Gasteiger partial charge in [0.1, 0.15) is 5.75 Å². The quantitative estimate of drug-likeness (QED) is 0.319. The van der Waals surface area contributed by atoms with Crippen LogP contribution in [0.3, 0.4) is 0 Å². The van der Waals surface area contributed by atoms with Crippen LogP contribution < -0.4 is 10.2 Å². The predicted molar refractivity (Wildman–Crippen MR) is 137 cm³/mol. The number of esters is 1. The molecule has 1 unspecified atom stereocenters. The molecule has 0 bridgehead atoms. The SMILES string of the molecule is COC(=O)c1ccc2c(c1NN=C1C(=NC(C)=O)N(C)C(=O)N(C)C1O)C(=O)N(C(=O)Oc1ccccc1)C2=O. The second-order valence-corrected chi connectivity index (χ2v) is 8.42. The van der Waals surface area contributed by atoms with Crippen LogP contribution in [0.2, 0.25) is 0 Å². The molecule has 40 heavy (non-hydrogen) atoms. The van der Waals surface area contributed by atoms with Crippen molar-refractivity contribution in [2.24, 2.45) is 10.1 Å². The Morgan fingerprint density at radius 3 is 2.30 bits per heavy atom. The van der Waals surface area contributed by atoms with Crippen molar-refractivity contribution in [2.45, 2.75) is 13.2 Å². The molecule has 2 aliphatic heterocycles. The number of nitrogens with one attached hydrogen (secondary N) is 1. The summed E-state index contributed by atoms with van der Waals surface area (Å²) in [5.74, 6) is -4.01. The lowest BCUT2D eigenvalue weighted by Crippen LogP contribution is -2.60. The molecule has 4 rings (SSSR count). The van der Waals surface area contributed by atoms with Gasteiger partial charge in [0, 0.05) is 21.0 Å². The number of hydrogen-bond donors (Lipinski definition) is 2. The van der Waals surface area contributed by atoms with E-state index < -0.39 is 47.6 Å². The maximum Gasteiger partial charge on any atom is 0.429 e. The van der Waals surface area contributed by atoms with Crippen LogP contribution in [0.25, 0.3) is 0 Å². The van der Waals surface area contributed by atoms with Crippen LogP contribution in [-0.4, -0.2) is 94.6 Å². The third kappa shape index (κ3) is 4.76. The molecule has 0 spiro atoms. The van der Waals surface area contributed by atoms with Crippen molar-refractivity contribution in [1.29, 1.82) is 0 Å². The topological polar surface area (TPSA) is 188 Å². The van der Waals surface area contributed by atoms with E-state index in [0.717, 1.165) is 29.9 Å². The maximum atomic E-state index is 13.4. The fourth-order valence-corrected chi connectivity index (χ4v) is 3.93. The van der Waals surface area contributed by atoms with Gasteiger partial charge in [-0.2, -0.15) is 15.0 Å². The lowest BCUT2D eigenvalue weighted by molar-refractivity contribution is -0.115. The molecule has 0 saturated carbocycles. The molecular formula is C25H22N6O9. The Morgan fingerprint density at radius 1 is 1.00 bits per heavy atom. The van der Waals surface area contributed by atoms with Gasteiger partial charge in [-0.3, -0.25) is 29.6 Å². The summed E-state index contributed by atoms with van der Waals surface area (Å²) in [6.45, 7) is 1.12. The number of methoxy groups -OCH3 is 1. The number of ether oxygens (including phenoxy) is 2. The number of hydrogen-bond acceptors (Lipinski definition) is 11. The number of amides is 6. The molecule has 0 aliphatic carbocycles. The van der Waals surface area contributed by atoms with E-state index in [-0.39, 0.29) is 39.0 Å². The molecule has 1 saturated heterocycles. The highest BCUT2D eigenvalue weighted by Gasteiger charge is 2.45. The normalized spacial score (nSPS) is 18.8. The third-order valence-corrected chi connectivity index (χ3v) is 5.89. The van der Waals surface area contributed by atoms with Crippen LogP contribution in [0.15, 0.2) is 52.6 Å². The molecule has 6 amide bonds. The van der Waals surface area contributed by atoms with Gasteiger partial charge >= 0.3 is 18.1 Å². The minimum absolute atomic E-state index is 0.0791. The van der Waals surface area contributed by atoms with Crippen molar-refractivity contribution in [3.63, 3.8) is 0 Å². The highest BCUT2D eigenvalue weighted by atomic mass is 16.6. The van der Waals surface area contributed by atoms with Crippen molar-refractivity contribution in [2.75, 3.05) is 26.6 Å². The number of anilines is 1. The number of aliphatic hydroxyl groups excluding tert-OH is 1. The van der Waals surface area contributed by atoms with Crippen molar-refractivity contribution in [3.8, 4) is 5.75 Å². The Morgan fingerprint density at radius 2 is 1.68 bits per heavy atom. The van der Waals surface area contributed by atoms with E-state index in [2.05, 4.69) is 15.5 Å². The molecule has 1 atom stereocenters. The Hall–Kier alpha value is -5.44. The Kier molecular flexibility index (Phi) is 7.41. The van der Waals surface area contributed by atoms with E-state index >= 15 is 0 Å². The lowest BCUT2D eigenvalue weighted by Gasteiger charge is -2.36. The number of nitrogens with zero attached hydrogens (tertiary/aromatic N) is 5. The van der Waals surface area contributed by atoms with E-state index in [1.54, 1.807) is 18.2 Å². The fourth-order valence-electron chi connectivity index (χ4n) is 3.93. The van der Waals surface area contributed by atoms with Crippen molar-refractivity contribution >= 4 is 53.0 Å². The molecule has 206 valence electrons. The monoisotopic (exact) mass is 550 g/mol. The van der Waals surface area contributed by atoms with Crippen molar-refractivity contribution in [1.82, 2.24) is 14.7 Å². The molecule has 1 fully saturated rings. The molecule has 15 heteroatoms. The van der Waals surface area contributed by atoms with Crippen molar-refractivity contribution < 1.29 is 43.3 Å². The molecular weight excluding hydrogens is 528 g/mol. The Balaban J connectivity index is 1.80. The average Bonchev–Trinajstić information content (AvgIpc) is 3.19. The number of benzene rings is 2. The zero-order chi connectivity index (χ0) is 29.3. The summed E-state index contributed by atoms with van der Waals surface area (Å²) in [5.41, 5.74) is 0.881. The van der Waals surface area contributed by atoms with E-state index in [1.807, 2.05) is 0 Å². The summed E-state index contributed by atoms with van der Waals surface area (Å²) in [4.78, 5) is 81.8. The van der Waals surface area contributed by atoms with E-state index in [4.69, 9.17) is 9.47 Å². The number of carbonyl (C=O) groups excluding carboxylic acids is 6. The molecule has 2 N–H and O–H groups in total. The Labute approximate surface area is 226 Å². The highest BCUT2D eigenvalue weighted by Crippen LogP contribution is 2.34. The van der Waals surface area contributed by atoms with E-state index in [0.29, 0.717) is 0 Å². The number of imide groups is 3. The zero-order valence-corrected chi connectivity index (χ0v) is 21.6. The first-order valence-electron chi connectivity index (χ1n) is 11.5. The zero-order valence-electron chi connectivity index (χ0n) is 21.6. The van der Waals surface area contributed by atoms with Crippen molar-refractivity contribution in [3.05, 3.63) is 59.2 Å². The number of hydrazone groups is 1. The maximum absolute atomic E-state index is 13.4. The van der Waals surface area contributed by atoms with Gasteiger partial charge in [0.05, 0.1) is 29.5 Å². The largest absolute Gasteiger partial charge is 0.465 e. The first kappa shape index (κ1) is 27.6. The predicted octanol–water partition coefficient (Wildman–Crippen LogP) is 1.30. The van der Waals surface area contributed by atoms with Gasteiger partial charge < -0.3 is 14.6 Å². The molecule has 0 aromatic heterocycles. The lowest BCUT2D eigenvalue weighted by atomic mass is 10.0. The van der Waals surface area contributed by atoms with Crippen LogP contribution in [0.1, 0.15) is 38.0 Å². The number of amidine groups is 1. The summed E-state index contributed by atoms with van der Waals surface area (Å²) < 4.78 is 9.92. The number of rotatable bonds is 4. The van der Waals surface area contributed by atoms with Crippen LogP contribution in [0.4, 0.5) is 15.3 Å². The second kappa shape index (κ2) is 10.7. The molecule has 0 radical (unpaired) electrons. The van der Waals surface area contributed by atoms with Gasteiger partial charge in [-0.1, -0.05) is 18.2 Å². The molecule has 2 aromatic rings. The van der Waals surface area contributed by atoms with Crippen LogP contribution in [0.5, 0.6) is 5.75 Å². The fraction of sp³-hybridized carbons (Fsp3) is 0.200. The van der Waals surface area contributed by atoms with Gasteiger partial charge in [-0.05, 0) is 24.3 Å². The van der Waals surface area contributed by atoms with Gasteiger partial charge in [-0.15, -0.1) is 0 Å². The number of aliphatic imine (C=N–C) groups is 1. The average molecular weight is 550 g/mol. The molecule has 15 nitrogen and oxygen atoms in total. The third-order valence-electron chi connectivity index (χ3n) is 5.89. The first-order chi connectivity index (χ1) is 19.0. The number of aliphatic hydroxyl groups is 1.